The molecule has 0 saturated carbocycles. The third-order valence-electron chi connectivity index (χ3n) is 2.84. The second-order valence-corrected chi connectivity index (χ2v) is 4.91. The van der Waals surface area contributed by atoms with Crippen LogP contribution in [-0.2, 0) is 4.79 Å². The molecule has 0 radical (unpaired) electrons. The van der Waals surface area contributed by atoms with Crippen molar-refractivity contribution >= 4 is 40.8 Å². The van der Waals surface area contributed by atoms with Gasteiger partial charge in [0.25, 0.3) is 5.91 Å². The minimum Gasteiger partial charge on any atom is -0.481 e. The highest BCUT2D eigenvalue weighted by Gasteiger charge is 2.36. The summed E-state index contributed by atoms with van der Waals surface area (Å²) in [5.41, 5.74) is 6.10. The molecule has 1 fully saturated rings. The molecule has 3 N–H and O–H groups in total. The number of nitrogens with zero attached hydrogens (tertiary/aromatic N) is 1. The summed E-state index contributed by atoms with van der Waals surface area (Å²) in [6.45, 7) is 0.404. The van der Waals surface area contributed by atoms with Crippen LogP contribution in [0, 0.1) is 5.92 Å². The van der Waals surface area contributed by atoms with E-state index in [-0.39, 0.29) is 34.7 Å². The van der Waals surface area contributed by atoms with E-state index in [1.807, 2.05) is 0 Å². The smallest absolute Gasteiger partial charge is 0.310 e. The summed E-state index contributed by atoms with van der Waals surface area (Å²) in [7, 11) is 0. The van der Waals surface area contributed by atoms with Gasteiger partial charge in [-0.3, -0.25) is 9.59 Å². The number of nitrogen functional groups attached to an aromatic ring is 1. The number of carbonyl (C=O) groups is 2. The number of hydrogen-bond acceptors (Lipinski definition) is 3. The Kier molecular flexibility index (Phi) is 3.36. The van der Waals surface area contributed by atoms with Crippen LogP contribution in [0.1, 0.15) is 10.4 Å². The average molecular weight is 289 g/mol. The van der Waals surface area contributed by atoms with Gasteiger partial charge in [-0.15, -0.1) is 0 Å². The van der Waals surface area contributed by atoms with Gasteiger partial charge in [0.1, 0.15) is 0 Å². The molecule has 0 spiro atoms. The van der Waals surface area contributed by atoms with Crippen LogP contribution in [0.25, 0.3) is 0 Å². The number of nitrogens with two attached hydrogens (primary N) is 1. The molecule has 5 nitrogen and oxygen atoms in total. The number of halogens is 2. The van der Waals surface area contributed by atoms with Crippen LogP contribution >= 0.6 is 23.2 Å². The fourth-order valence-corrected chi connectivity index (χ4v) is 2.18. The molecule has 0 atom stereocenters. The zero-order valence-electron chi connectivity index (χ0n) is 9.19. The highest BCUT2D eigenvalue weighted by molar-refractivity contribution is 6.39. The molecule has 1 amide bonds. The van der Waals surface area contributed by atoms with Crippen LogP contribution in [0.3, 0.4) is 0 Å². The van der Waals surface area contributed by atoms with E-state index in [0.717, 1.165) is 0 Å². The molecule has 7 heteroatoms. The van der Waals surface area contributed by atoms with Gasteiger partial charge in [0.2, 0.25) is 0 Å². The minimum absolute atomic E-state index is 0.202. The normalized spacial score (nSPS) is 15.3. The molecule has 1 aliphatic rings. The van der Waals surface area contributed by atoms with Crippen LogP contribution in [-0.4, -0.2) is 35.0 Å². The van der Waals surface area contributed by atoms with Crippen LogP contribution in [0.4, 0.5) is 5.69 Å². The Hall–Kier alpha value is -1.46. The number of anilines is 1. The highest BCUT2D eigenvalue weighted by atomic mass is 35.5. The maximum atomic E-state index is 12.0. The van der Waals surface area contributed by atoms with Gasteiger partial charge < -0.3 is 15.7 Å². The zero-order chi connectivity index (χ0) is 13.4. The van der Waals surface area contributed by atoms with E-state index in [1.54, 1.807) is 0 Å². The number of carboxylic acids is 1. The Morgan fingerprint density at radius 1 is 1.28 bits per heavy atom. The van der Waals surface area contributed by atoms with E-state index in [9.17, 15) is 9.59 Å². The summed E-state index contributed by atoms with van der Waals surface area (Å²) in [5.74, 6) is -1.68. The first-order valence-corrected chi connectivity index (χ1v) is 5.92. The number of rotatable bonds is 2. The van der Waals surface area contributed by atoms with Gasteiger partial charge in [-0.1, -0.05) is 23.2 Å². The molecule has 0 unspecified atom stereocenters. The summed E-state index contributed by atoms with van der Waals surface area (Å²) >= 11 is 11.7. The Bertz CT molecular complexity index is 504. The topological polar surface area (TPSA) is 83.6 Å². The molecule has 2 rings (SSSR count). The van der Waals surface area contributed by atoms with E-state index >= 15 is 0 Å². The lowest BCUT2D eigenvalue weighted by molar-refractivity contribution is -0.146. The van der Waals surface area contributed by atoms with Gasteiger partial charge >= 0.3 is 5.97 Å². The number of aliphatic carboxylic acids is 1. The van der Waals surface area contributed by atoms with Crippen LogP contribution < -0.4 is 5.73 Å². The number of amides is 1. The van der Waals surface area contributed by atoms with E-state index in [2.05, 4.69) is 0 Å². The molecule has 0 aliphatic carbocycles. The molecule has 0 aromatic heterocycles. The quantitative estimate of drug-likeness (QED) is 0.812. The first-order chi connectivity index (χ1) is 8.40. The Morgan fingerprint density at radius 2 is 1.78 bits per heavy atom. The first-order valence-electron chi connectivity index (χ1n) is 5.16. The van der Waals surface area contributed by atoms with E-state index < -0.39 is 11.9 Å². The Labute approximate surface area is 113 Å². The molecule has 1 heterocycles. The van der Waals surface area contributed by atoms with Crippen molar-refractivity contribution in [2.75, 3.05) is 18.8 Å². The summed E-state index contributed by atoms with van der Waals surface area (Å²) < 4.78 is 0. The molecule has 1 aromatic rings. The summed E-state index contributed by atoms with van der Waals surface area (Å²) in [6.07, 6.45) is 0. The number of benzene rings is 1. The first kappa shape index (κ1) is 13.0. The van der Waals surface area contributed by atoms with Gasteiger partial charge in [-0.05, 0) is 12.1 Å². The fourth-order valence-electron chi connectivity index (χ4n) is 1.69. The largest absolute Gasteiger partial charge is 0.481 e. The molecule has 0 bridgehead atoms. The molecular weight excluding hydrogens is 279 g/mol. The maximum Gasteiger partial charge on any atom is 0.310 e. The van der Waals surface area contributed by atoms with Gasteiger partial charge in [-0.2, -0.15) is 0 Å². The van der Waals surface area contributed by atoms with Crippen LogP contribution in [0.5, 0.6) is 0 Å². The average Bonchev–Trinajstić information content (AvgIpc) is 2.22. The lowest BCUT2D eigenvalue weighted by atomic mass is 9.99. The molecule has 96 valence electrons. The number of carboxylic acid groups (broad SMARTS) is 1. The minimum atomic E-state index is -0.896. The third kappa shape index (κ3) is 2.23. The van der Waals surface area contributed by atoms with Crippen molar-refractivity contribution in [1.29, 1.82) is 0 Å². The van der Waals surface area contributed by atoms with Crippen molar-refractivity contribution in [3.05, 3.63) is 27.7 Å². The highest BCUT2D eigenvalue weighted by Crippen LogP contribution is 2.30. The van der Waals surface area contributed by atoms with E-state index in [4.69, 9.17) is 34.0 Å². The van der Waals surface area contributed by atoms with Gasteiger partial charge in [0, 0.05) is 18.7 Å². The third-order valence-corrected chi connectivity index (χ3v) is 3.47. The predicted molar refractivity (Wildman–Crippen MR) is 67.9 cm³/mol. The Morgan fingerprint density at radius 3 is 2.22 bits per heavy atom. The monoisotopic (exact) mass is 288 g/mol. The zero-order valence-corrected chi connectivity index (χ0v) is 10.7. The number of likely N-dealkylation sites (tertiary alicyclic amines) is 1. The van der Waals surface area contributed by atoms with Gasteiger partial charge in [0.05, 0.1) is 21.7 Å². The molecule has 18 heavy (non-hydrogen) atoms. The molecular formula is C11H10Cl2N2O3. The second kappa shape index (κ2) is 4.66. The SMILES string of the molecule is Nc1c(Cl)cc(C(=O)N2CC(C(=O)O)C2)cc1Cl. The summed E-state index contributed by atoms with van der Waals surface area (Å²) in [6, 6.07) is 2.86. The fraction of sp³-hybridized carbons (Fsp3) is 0.273. The van der Waals surface area contributed by atoms with Crippen molar-refractivity contribution < 1.29 is 14.7 Å². The lowest BCUT2D eigenvalue weighted by Gasteiger charge is -2.36. The number of hydrogen-bond donors (Lipinski definition) is 2. The van der Waals surface area contributed by atoms with Gasteiger partial charge in [-0.25, -0.2) is 0 Å². The van der Waals surface area contributed by atoms with E-state index in [0.29, 0.717) is 5.56 Å². The maximum absolute atomic E-state index is 12.0. The molecule has 1 aromatic carbocycles. The lowest BCUT2D eigenvalue weighted by Crippen LogP contribution is -2.53. The Balaban J connectivity index is 2.14. The standard InChI is InChI=1S/C11H10Cl2N2O3/c12-7-1-5(2-8(13)9(7)14)10(16)15-3-6(4-15)11(17)18/h1-2,6H,3-4,14H2,(H,17,18). The van der Waals surface area contributed by atoms with Crippen molar-refractivity contribution in [2.45, 2.75) is 0 Å². The van der Waals surface area contributed by atoms with Crippen molar-refractivity contribution in [2.24, 2.45) is 5.92 Å². The van der Waals surface area contributed by atoms with Crippen molar-refractivity contribution in [1.82, 2.24) is 4.90 Å². The summed E-state index contributed by atoms with van der Waals surface area (Å²) in [4.78, 5) is 24.1. The van der Waals surface area contributed by atoms with Crippen LogP contribution in [0.15, 0.2) is 12.1 Å². The molecule has 1 aliphatic heterocycles. The second-order valence-electron chi connectivity index (χ2n) is 4.10. The molecule has 1 saturated heterocycles. The van der Waals surface area contributed by atoms with Gasteiger partial charge in [0.15, 0.2) is 0 Å². The van der Waals surface area contributed by atoms with Crippen LogP contribution in [0.2, 0.25) is 10.0 Å². The number of carbonyl (C=O) groups excluding carboxylic acids is 1. The van der Waals surface area contributed by atoms with Crippen molar-refractivity contribution in [3.63, 3.8) is 0 Å². The van der Waals surface area contributed by atoms with Crippen molar-refractivity contribution in [3.8, 4) is 0 Å². The predicted octanol–water partition coefficient (Wildman–Crippen LogP) is 1.73. The summed E-state index contributed by atoms with van der Waals surface area (Å²) in [5, 5.41) is 9.15. The van der Waals surface area contributed by atoms with E-state index in [1.165, 1.54) is 17.0 Å².